The number of thioether (sulfide) groups is 1. The number of carbonyl (C=O) groups is 1. The highest BCUT2D eigenvalue weighted by atomic mass is 35.5. The number of nitrogen functional groups attached to an aromatic ring is 1. The molecule has 0 bridgehead atoms. The summed E-state index contributed by atoms with van der Waals surface area (Å²) >= 11 is 13.5. The number of amides is 1. The SMILES string of the molecule is CCCCSC(C)C(=O)Nc1c(N)cc(Cl)cc1Cl. The molecule has 0 aliphatic heterocycles. The van der Waals surface area contributed by atoms with Crippen molar-refractivity contribution in [2.75, 3.05) is 16.8 Å². The van der Waals surface area contributed by atoms with Crippen LogP contribution in [0.2, 0.25) is 10.0 Å². The molecule has 3 nitrogen and oxygen atoms in total. The third-order valence-corrected chi connectivity index (χ3v) is 4.32. The number of nitrogens with two attached hydrogens (primary N) is 1. The number of nitrogens with one attached hydrogen (secondary N) is 1. The van der Waals surface area contributed by atoms with Crippen LogP contribution in [0.3, 0.4) is 0 Å². The lowest BCUT2D eigenvalue weighted by Gasteiger charge is -2.14. The molecule has 0 heterocycles. The number of rotatable bonds is 6. The predicted molar refractivity (Wildman–Crippen MR) is 86.3 cm³/mol. The second kappa shape index (κ2) is 7.88. The highest BCUT2D eigenvalue weighted by Gasteiger charge is 2.16. The van der Waals surface area contributed by atoms with E-state index in [1.54, 1.807) is 23.9 Å². The van der Waals surface area contributed by atoms with E-state index in [1.165, 1.54) is 0 Å². The lowest BCUT2D eigenvalue weighted by Crippen LogP contribution is -2.23. The summed E-state index contributed by atoms with van der Waals surface area (Å²) in [6.07, 6.45) is 2.23. The Bertz CT molecular complexity index is 431. The number of anilines is 2. The first-order valence-electron chi connectivity index (χ1n) is 6.12. The van der Waals surface area contributed by atoms with E-state index in [0.29, 0.717) is 21.4 Å². The number of benzene rings is 1. The van der Waals surface area contributed by atoms with Gasteiger partial charge in [0.15, 0.2) is 0 Å². The molecule has 1 unspecified atom stereocenters. The van der Waals surface area contributed by atoms with E-state index in [2.05, 4.69) is 12.2 Å². The van der Waals surface area contributed by atoms with Crippen molar-refractivity contribution in [1.82, 2.24) is 0 Å². The van der Waals surface area contributed by atoms with Gasteiger partial charge in [-0.3, -0.25) is 4.79 Å². The van der Waals surface area contributed by atoms with Gasteiger partial charge in [-0.05, 0) is 31.2 Å². The largest absolute Gasteiger partial charge is 0.397 e. The number of hydrogen-bond donors (Lipinski definition) is 2. The van der Waals surface area contributed by atoms with Crippen LogP contribution in [0, 0.1) is 0 Å². The third kappa shape index (κ3) is 5.13. The van der Waals surface area contributed by atoms with Gasteiger partial charge in [0.2, 0.25) is 5.91 Å². The number of carbonyl (C=O) groups excluding carboxylic acids is 1. The van der Waals surface area contributed by atoms with Gasteiger partial charge in [-0.25, -0.2) is 0 Å². The molecular weight excluding hydrogens is 303 g/mol. The fraction of sp³-hybridized carbons (Fsp3) is 0.462. The Balaban J connectivity index is 2.66. The maximum Gasteiger partial charge on any atom is 0.237 e. The van der Waals surface area contributed by atoms with Crippen molar-refractivity contribution in [2.45, 2.75) is 31.9 Å². The summed E-state index contributed by atoms with van der Waals surface area (Å²) < 4.78 is 0. The molecule has 19 heavy (non-hydrogen) atoms. The van der Waals surface area contributed by atoms with Crippen LogP contribution in [-0.4, -0.2) is 16.9 Å². The maximum absolute atomic E-state index is 12.0. The molecule has 1 atom stereocenters. The third-order valence-electron chi connectivity index (χ3n) is 2.57. The lowest BCUT2D eigenvalue weighted by atomic mass is 10.2. The average molecular weight is 321 g/mol. The highest BCUT2D eigenvalue weighted by Crippen LogP contribution is 2.32. The standard InChI is InChI=1S/C13H18Cl2N2OS/c1-3-4-5-19-8(2)13(18)17-12-10(15)6-9(14)7-11(12)16/h6-8H,3-5,16H2,1-2H3,(H,17,18). The van der Waals surface area contributed by atoms with Gasteiger partial charge in [-0.1, -0.05) is 36.5 Å². The molecule has 0 saturated heterocycles. The summed E-state index contributed by atoms with van der Waals surface area (Å²) in [6, 6.07) is 3.13. The molecule has 1 aromatic carbocycles. The van der Waals surface area contributed by atoms with E-state index in [0.717, 1.165) is 18.6 Å². The van der Waals surface area contributed by atoms with Gasteiger partial charge in [0.25, 0.3) is 0 Å². The molecule has 6 heteroatoms. The second-order valence-corrected chi connectivity index (χ2v) is 6.50. The van der Waals surface area contributed by atoms with Crippen molar-refractivity contribution >= 4 is 52.2 Å². The van der Waals surface area contributed by atoms with E-state index < -0.39 is 0 Å². The van der Waals surface area contributed by atoms with Crippen LogP contribution in [-0.2, 0) is 4.79 Å². The number of unbranched alkanes of at least 4 members (excludes halogenated alkanes) is 1. The molecule has 3 N–H and O–H groups in total. The minimum atomic E-state index is -0.141. The number of hydrogen-bond acceptors (Lipinski definition) is 3. The summed E-state index contributed by atoms with van der Waals surface area (Å²) in [5.74, 6) is 0.867. The van der Waals surface area contributed by atoms with Crippen LogP contribution in [0.25, 0.3) is 0 Å². The molecule has 0 spiro atoms. The zero-order chi connectivity index (χ0) is 14.4. The van der Waals surface area contributed by atoms with E-state index in [-0.39, 0.29) is 11.2 Å². The van der Waals surface area contributed by atoms with Crippen molar-refractivity contribution in [3.63, 3.8) is 0 Å². The van der Waals surface area contributed by atoms with Gasteiger partial charge >= 0.3 is 0 Å². The zero-order valence-corrected chi connectivity index (χ0v) is 13.3. The second-order valence-electron chi connectivity index (χ2n) is 4.21. The molecule has 0 aromatic heterocycles. The van der Waals surface area contributed by atoms with Gasteiger partial charge in [0, 0.05) is 5.02 Å². The van der Waals surface area contributed by atoms with Crippen LogP contribution >= 0.6 is 35.0 Å². The Morgan fingerprint density at radius 2 is 2.16 bits per heavy atom. The van der Waals surface area contributed by atoms with Gasteiger partial charge < -0.3 is 11.1 Å². The predicted octanol–water partition coefficient (Wildman–Crippen LogP) is 4.44. The van der Waals surface area contributed by atoms with E-state index in [4.69, 9.17) is 28.9 Å². The Morgan fingerprint density at radius 3 is 2.74 bits per heavy atom. The molecule has 1 rings (SSSR count). The Labute approximate surface area is 128 Å². The summed E-state index contributed by atoms with van der Waals surface area (Å²) in [5.41, 5.74) is 6.60. The summed E-state index contributed by atoms with van der Waals surface area (Å²) in [7, 11) is 0. The van der Waals surface area contributed by atoms with Gasteiger partial charge in [0.1, 0.15) is 0 Å². The monoisotopic (exact) mass is 320 g/mol. The summed E-state index contributed by atoms with van der Waals surface area (Å²) in [4.78, 5) is 12.0. The van der Waals surface area contributed by atoms with Crippen molar-refractivity contribution in [3.8, 4) is 0 Å². The first kappa shape index (κ1) is 16.5. The molecule has 0 aliphatic carbocycles. The zero-order valence-electron chi connectivity index (χ0n) is 11.0. The molecule has 0 saturated carbocycles. The minimum absolute atomic E-state index is 0.1000. The Morgan fingerprint density at radius 1 is 1.47 bits per heavy atom. The topological polar surface area (TPSA) is 55.1 Å². The first-order chi connectivity index (χ1) is 8.95. The minimum Gasteiger partial charge on any atom is -0.397 e. The van der Waals surface area contributed by atoms with E-state index in [9.17, 15) is 4.79 Å². The smallest absolute Gasteiger partial charge is 0.237 e. The fourth-order valence-corrected chi connectivity index (χ4v) is 3.01. The Hall–Kier alpha value is -0.580. The average Bonchev–Trinajstić information content (AvgIpc) is 2.33. The molecular formula is C13H18Cl2N2OS. The highest BCUT2D eigenvalue weighted by molar-refractivity contribution is 8.00. The summed E-state index contributed by atoms with van der Waals surface area (Å²) in [5, 5.41) is 3.42. The van der Waals surface area contributed by atoms with Crippen molar-refractivity contribution in [2.24, 2.45) is 0 Å². The van der Waals surface area contributed by atoms with Crippen LogP contribution < -0.4 is 11.1 Å². The van der Waals surface area contributed by atoms with Crippen LogP contribution in [0.1, 0.15) is 26.7 Å². The maximum atomic E-state index is 12.0. The first-order valence-corrected chi connectivity index (χ1v) is 7.93. The van der Waals surface area contributed by atoms with Crippen LogP contribution in [0.15, 0.2) is 12.1 Å². The van der Waals surface area contributed by atoms with Crippen LogP contribution in [0.5, 0.6) is 0 Å². The molecule has 0 fully saturated rings. The molecule has 0 radical (unpaired) electrons. The van der Waals surface area contributed by atoms with Crippen molar-refractivity contribution in [1.29, 1.82) is 0 Å². The van der Waals surface area contributed by atoms with E-state index >= 15 is 0 Å². The fourth-order valence-electron chi connectivity index (χ4n) is 1.43. The summed E-state index contributed by atoms with van der Waals surface area (Å²) in [6.45, 7) is 4.00. The Kier molecular flexibility index (Phi) is 6.83. The normalized spacial score (nSPS) is 12.2. The molecule has 1 amide bonds. The molecule has 1 aromatic rings. The van der Waals surface area contributed by atoms with Crippen LogP contribution in [0.4, 0.5) is 11.4 Å². The van der Waals surface area contributed by atoms with E-state index in [1.807, 2.05) is 6.92 Å². The van der Waals surface area contributed by atoms with Crippen molar-refractivity contribution < 1.29 is 4.79 Å². The molecule has 106 valence electrons. The van der Waals surface area contributed by atoms with Gasteiger partial charge in [-0.2, -0.15) is 0 Å². The lowest BCUT2D eigenvalue weighted by molar-refractivity contribution is -0.115. The number of halogens is 2. The van der Waals surface area contributed by atoms with Crippen molar-refractivity contribution in [3.05, 3.63) is 22.2 Å². The van der Waals surface area contributed by atoms with Gasteiger partial charge in [-0.15, -0.1) is 11.8 Å². The van der Waals surface area contributed by atoms with Gasteiger partial charge in [0.05, 0.1) is 21.6 Å². The molecule has 0 aliphatic rings. The quantitative estimate of drug-likeness (QED) is 0.602.